The molecule has 5 N–H and O–H groups in total. The second-order valence-electron chi connectivity index (χ2n) is 16.9. The van der Waals surface area contributed by atoms with Gasteiger partial charge in [-0.05, 0) is 96.9 Å². The number of fused-ring (bicyclic) bond motifs is 4. The van der Waals surface area contributed by atoms with Gasteiger partial charge in [-0.1, -0.05) is 45.9 Å². The third-order valence-corrected chi connectivity index (χ3v) is 12.3. The van der Waals surface area contributed by atoms with Gasteiger partial charge in [-0.3, -0.25) is 9.59 Å². The first-order chi connectivity index (χ1) is 27.9. The van der Waals surface area contributed by atoms with Crippen LogP contribution in [-0.4, -0.2) is 90.1 Å². The maximum atomic E-state index is 13.9. The third kappa shape index (κ3) is 6.85. The summed E-state index contributed by atoms with van der Waals surface area (Å²) in [6, 6.07) is 17.8. The van der Waals surface area contributed by atoms with Gasteiger partial charge in [0.2, 0.25) is 11.8 Å². The number of piperidine rings is 2. The number of carbonyl (C=O) groups excluding carboxylic acids is 3. The molecule has 58 heavy (non-hydrogen) atoms. The summed E-state index contributed by atoms with van der Waals surface area (Å²) in [4.78, 5) is 71.6. The number of H-pyrrole nitrogens is 2. The molecule has 0 bridgehead atoms. The maximum Gasteiger partial charge on any atom is 0.407 e. The van der Waals surface area contributed by atoms with E-state index in [0.29, 0.717) is 29.2 Å². The molecule has 2 saturated carbocycles. The van der Waals surface area contributed by atoms with Crippen molar-refractivity contribution in [1.29, 1.82) is 0 Å². The van der Waals surface area contributed by atoms with Crippen molar-refractivity contribution in [2.75, 3.05) is 7.11 Å². The molecule has 4 fully saturated rings. The zero-order chi connectivity index (χ0) is 40.6. The number of hydrogen-bond acceptors (Lipinski definition) is 8. The number of methoxy groups -OCH3 is 1. The average molecular weight is 789 g/mol. The predicted octanol–water partition coefficient (Wildman–Crippen LogP) is 6.90. The summed E-state index contributed by atoms with van der Waals surface area (Å²) in [6.45, 7) is 7.51. The summed E-state index contributed by atoms with van der Waals surface area (Å²) in [6.07, 6.45) is 1.65. The molecule has 2 saturated heterocycles. The van der Waals surface area contributed by atoms with Crippen molar-refractivity contribution in [2.24, 2.45) is 23.7 Å². The van der Waals surface area contributed by atoms with E-state index < -0.39 is 24.3 Å². The Balaban J connectivity index is 0.914. The van der Waals surface area contributed by atoms with E-state index in [9.17, 15) is 24.3 Å². The van der Waals surface area contributed by atoms with Gasteiger partial charge < -0.3 is 45.0 Å². The van der Waals surface area contributed by atoms with Crippen LogP contribution in [0.15, 0.2) is 60.7 Å². The highest BCUT2D eigenvalue weighted by atomic mass is 16.5. The molecule has 2 aliphatic carbocycles. The molecule has 3 aromatic carbocycles. The molecule has 0 spiro atoms. The number of imidazole rings is 2. The fourth-order valence-electron chi connectivity index (χ4n) is 9.17. The summed E-state index contributed by atoms with van der Waals surface area (Å²) >= 11 is 0. The molecule has 4 amide bonds. The van der Waals surface area contributed by atoms with Crippen LogP contribution in [-0.2, 0) is 14.3 Å². The number of carboxylic acid groups (broad SMARTS) is 1. The van der Waals surface area contributed by atoms with Crippen molar-refractivity contribution in [3.8, 4) is 22.6 Å². The molecule has 4 aliphatic rings. The summed E-state index contributed by atoms with van der Waals surface area (Å²) in [5.41, 5.74) is 5.12. The lowest BCUT2D eigenvalue weighted by Crippen LogP contribution is -2.52. The van der Waals surface area contributed by atoms with Crippen molar-refractivity contribution in [1.82, 2.24) is 40.4 Å². The number of carbonyl (C=O) groups is 4. The number of ether oxygens (including phenoxy) is 2. The van der Waals surface area contributed by atoms with Crippen LogP contribution in [0.3, 0.4) is 0 Å². The van der Waals surface area contributed by atoms with E-state index in [1.807, 2.05) is 92.1 Å². The van der Waals surface area contributed by atoms with Crippen LogP contribution in [0.1, 0.15) is 77.1 Å². The molecule has 302 valence electrons. The molecule has 5 aromatic rings. The predicted molar refractivity (Wildman–Crippen MR) is 214 cm³/mol. The number of nitrogens with one attached hydrogen (secondary N) is 4. The van der Waals surface area contributed by atoms with Gasteiger partial charge in [-0.25, -0.2) is 19.6 Å². The van der Waals surface area contributed by atoms with E-state index in [2.05, 4.69) is 26.7 Å². The minimum atomic E-state index is -1.21. The highest BCUT2D eigenvalue weighted by Gasteiger charge is 2.57. The number of aromatic nitrogens is 4. The van der Waals surface area contributed by atoms with Crippen molar-refractivity contribution in [2.45, 2.75) is 89.6 Å². The van der Waals surface area contributed by atoms with Gasteiger partial charge in [0.25, 0.3) is 0 Å². The molecule has 9 rings (SSSR count). The molecule has 0 radical (unpaired) electrons. The molecule has 15 heteroatoms. The Kier molecular flexibility index (Phi) is 9.28. The van der Waals surface area contributed by atoms with Gasteiger partial charge >= 0.3 is 12.2 Å². The summed E-state index contributed by atoms with van der Waals surface area (Å²) in [7, 11) is 1.30. The third-order valence-electron chi connectivity index (χ3n) is 12.3. The Morgan fingerprint density at radius 1 is 0.707 bits per heavy atom. The minimum absolute atomic E-state index is 0.101. The SMILES string of the molecule is COC(=O)N[C@H](C(=O)N1[C@@H]2C[C@@H]2C[C@H]1c1nc2ccc(-c3cccc(Oc4ccc5nc([C@@H]6C[C@H]7C[C@H]7N6C(=O)[C@@H](NC(=O)O)C(C)C)[nH]c5c4)c3)cc2[nH]1)C(C)C. The zero-order valence-corrected chi connectivity index (χ0v) is 33.1. The lowest BCUT2D eigenvalue weighted by molar-refractivity contribution is -0.137. The summed E-state index contributed by atoms with van der Waals surface area (Å²) < 4.78 is 11.2. The number of aromatic amines is 2. The highest BCUT2D eigenvalue weighted by molar-refractivity contribution is 5.88. The average Bonchev–Trinajstić information content (AvgIpc) is 3.86. The van der Waals surface area contributed by atoms with Crippen LogP contribution >= 0.6 is 0 Å². The Bertz CT molecular complexity index is 2440. The standard InChI is InChI=1S/C43H48N8O7/c1-20(2)36(48-42(54)55)40(52)50-32-15-24(32)18-35(50)39-45-29-12-10-27(19-31(29)47-39)58-26-8-6-7-22(13-26)23-9-11-28-30(14-23)46-38(44-28)34-17-25-16-33(25)51(34)41(53)37(21(3)4)49-43(56)57-5/h6-14,19-21,24-25,32-37,48H,15-18H2,1-5H3,(H,44,46)(H,45,47)(H,49,56)(H,54,55)/t24-,25-,32-,33-,34+,35+,36+,37+/m1/s1. The van der Waals surface area contributed by atoms with Crippen molar-refractivity contribution < 1.29 is 33.8 Å². The van der Waals surface area contributed by atoms with E-state index in [-0.39, 0.29) is 47.8 Å². The smallest absolute Gasteiger partial charge is 0.407 e. The van der Waals surface area contributed by atoms with E-state index >= 15 is 0 Å². The van der Waals surface area contributed by atoms with E-state index in [1.54, 1.807) is 0 Å². The number of likely N-dealkylation sites (tertiary alicyclic amines) is 2. The van der Waals surface area contributed by atoms with Crippen LogP contribution in [0.2, 0.25) is 0 Å². The fourth-order valence-corrected chi connectivity index (χ4v) is 9.17. The number of alkyl carbamates (subject to hydrolysis) is 1. The number of hydrogen-bond donors (Lipinski definition) is 5. The van der Waals surface area contributed by atoms with E-state index in [0.717, 1.165) is 64.7 Å². The second-order valence-corrected chi connectivity index (χ2v) is 16.9. The van der Waals surface area contributed by atoms with Crippen LogP contribution in [0, 0.1) is 23.7 Å². The first-order valence-electron chi connectivity index (χ1n) is 20.1. The lowest BCUT2D eigenvalue weighted by Gasteiger charge is -2.31. The lowest BCUT2D eigenvalue weighted by atomic mass is 10.0. The van der Waals surface area contributed by atoms with Crippen LogP contribution in [0.5, 0.6) is 11.5 Å². The number of rotatable bonds is 11. The largest absolute Gasteiger partial charge is 0.465 e. The van der Waals surface area contributed by atoms with Crippen LogP contribution in [0.4, 0.5) is 9.59 Å². The Labute approximate surface area is 334 Å². The Morgan fingerprint density at radius 3 is 1.81 bits per heavy atom. The Morgan fingerprint density at radius 2 is 1.24 bits per heavy atom. The van der Waals surface area contributed by atoms with Crippen molar-refractivity contribution in [3.05, 3.63) is 72.3 Å². The number of amides is 4. The van der Waals surface area contributed by atoms with Crippen LogP contribution < -0.4 is 15.4 Å². The first-order valence-corrected chi connectivity index (χ1v) is 20.1. The summed E-state index contributed by atoms with van der Waals surface area (Å²) in [5, 5.41) is 14.6. The molecule has 2 aromatic heterocycles. The van der Waals surface area contributed by atoms with Gasteiger partial charge in [0.05, 0.1) is 41.3 Å². The second kappa shape index (κ2) is 14.4. The monoisotopic (exact) mass is 788 g/mol. The molecule has 2 aliphatic heterocycles. The fraction of sp³-hybridized carbons (Fsp3) is 0.442. The molecule has 0 unspecified atom stereocenters. The van der Waals surface area contributed by atoms with Gasteiger partial charge in [0.15, 0.2) is 0 Å². The summed E-state index contributed by atoms with van der Waals surface area (Å²) in [5.74, 6) is 2.88. The molecule has 15 nitrogen and oxygen atoms in total. The number of benzene rings is 3. The molecular formula is C43H48N8O7. The van der Waals surface area contributed by atoms with Gasteiger partial charge in [0.1, 0.15) is 35.2 Å². The maximum absolute atomic E-state index is 13.9. The zero-order valence-electron chi connectivity index (χ0n) is 33.1. The van der Waals surface area contributed by atoms with E-state index in [1.165, 1.54) is 7.11 Å². The van der Waals surface area contributed by atoms with Gasteiger partial charge in [0, 0.05) is 18.2 Å². The number of nitrogens with zero attached hydrogens (tertiary/aromatic N) is 4. The van der Waals surface area contributed by atoms with Gasteiger partial charge in [-0.2, -0.15) is 0 Å². The highest BCUT2D eigenvalue weighted by Crippen LogP contribution is 2.54. The topological polar surface area (TPSA) is 195 Å². The molecule has 8 atom stereocenters. The first kappa shape index (κ1) is 37.5. The quantitative estimate of drug-likeness (QED) is 0.0947. The van der Waals surface area contributed by atoms with Crippen molar-refractivity contribution >= 4 is 46.1 Å². The van der Waals surface area contributed by atoms with E-state index in [4.69, 9.17) is 19.4 Å². The Hall–Kier alpha value is -6.12. The van der Waals surface area contributed by atoms with Gasteiger partial charge in [-0.15, -0.1) is 0 Å². The minimum Gasteiger partial charge on any atom is -0.465 e. The normalized spacial score (nSPS) is 24.1. The molecule has 4 heterocycles. The van der Waals surface area contributed by atoms with Crippen molar-refractivity contribution in [3.63, 3.8) is 0 Å². The van der Waals surface area contributed by atoms with Crippen LogP contribution in [0.25, 0.3) is 33.2 Å². The molecular weight excluding hydrogens is 741 g/mol.